The molecule has 0 unspecified atom stereocenters. The number of benzene rings is 1. The largest absolute Gasteiger partial charge is 0.207 e. The van der Waals surface area contributed by atoms with Crippen LogP contribution < -0.4 is 0 Å². The summed E-state index contributed by atoms with van der Waals surface area (Å²) < 4.78 is 25.7. The van der Waals surface area contributed by atoms with Gasteiger partial charge in [0.15, 0.2) is 0 Å². The Balaban J connectivity index is 2.53. The molecule has 0 saturated carbocycles. The summed E-state index contributed by atoms with van der Waals surface area (Å²) in [4.78, 5) is 0. The number of rotatable bonds is 0. The first kappa shape index (κ1) is 7.71. The molecule has 1 aliphatic carbocycles. The molecule has 2 heteroatoms. The van der Waals surface area contributed by atoms with Crippen LogP contribution in [0.5, 0.6) is 0 Å². The Bertz CT molecular complexity index is 305. The Morgan fingerprint density at radius 1 is 1.25 bits per heavy atom. The molecule has 0 spiro atoms. The van der Waals surface area contributed by atoms with Gasteiger partial charge in [0.25, 0.3) is 0 Å². The zero-order valence-electron chi connectivity index (χ0n) is 6.53. The zero-order valence-corrected chi connectivity index (χ0v) is 6.53. The van der Waals surface area contributed by atoms with E-state index in [4.69, 9.17) is 0 Å². The highest BCUT2D eigenvalue weighted by molar-refractivity contribution is 5.33. The molecule has 0 N–H and O–H groups in total. The van der Waals surface area contributed by atoms with Crippen molar-refractivity contribution in [1.29, 1.82) is 0 Å². The van der Waals surface area contributed by atoms with Gasteiger partial charge in [-0.1, -0.05) is 0 Å². The van der Waals surface area contributed by atoms with E-state index in [1.165, 1.54) is 6.07 Å². The number of halogens is 2. The fourth-order valence-corrected chi connectivity index (χ4v) is 1.51. The number of hydrogen-bond acceptors (Lipinski definition) is 0. The van der Waals surface area contributed by atoms with Crippen molar-refractivity contribution in [2.24, 2.45) is 0 Å². The van der Waals surface area contributed by atoms with Crippen LogP contribution in [0.15, 0.2) is 12.1 Å². The summed E-state index contributed by atoms with van der Waals surface area (Å²) in [5, 5.41) is 0. The van der Waals surface area contributed by atoms with Crippen LogP contribution in [0.2, 0.25) is 0 Å². The second-order valence-corrected chi connectivity index (χ2v) is 2.95. The van der Waals surface area contributed by atoms with Crippen LogP contribution in [0.1, 0.15) is 17.5 Å². The third kappa shape index (κ3) is 1.22. The van der Waals surface area contributed by atoms with Crippen molar-refractivity contribution in [1.82, 2.24) is 0 Å². The molecule has 2 rings (SSSR count). The van der Waals surface area contributed by atoms with Gasteiger partial charge in [-0.15, -0.1) is 0 Å². The standard InChI is InChI=1S/C10H8F2/c11-8-5-7-3-1-2-4-9(7)10(12)6-8/h5-6H,1,3-4H2. The van der Waals surface area contributed by atoms with E-state index in [-0.39, 0.29) is 0 Å². The Morgan fingerprint density at radius 3 is 2.92 bits per heavy atom. The van der Waals surface area contributed by atoms with E-state index in [0.29, 0.717) is 18.4 Å². The van der Waals surface area contributed by atoms with Crippen LogP contribution in [-0.2, 0) is 12.8 Å². The minimum Gasteiger partial charge on any atom is -0.207 e. The third-order valence-corrected chi connectivity index (χ3v) is 2.13. The summed E-state index contributed by atoms with van der Waals surface area (Å²) in [5.41, 5.74) is 1.41. The Hall–Kier alpha value is -0.920. The lowest BCUT2D eigenvalue weighted by Crippen LogP contribution is -2.06. The first-order chi connectivity index (χ1) is 5.77. The molecule has 1 aromatic rings. The second-order valence-electron chi connectivity index (χ2n) is 2.95. The highest BCUT2D eigenvalue weighted by Gasteiger charge is 2.14. The maximum absolute atomic E-state index is 13.1. The molecule has 0 nitrogen and oxygen atoms in total. The van der Waals surface area contributed by atoms with Crippen LogP contribution in [0.25, 0.3) is 0 Å². The van der Waals surface area contributed by atoms with E-state index in [0.717, 1.165) is 18.1 Å². The van der Waals surface area contributed by atoms with E-state index in [2.05, 4.69) is 6.42 Å². The lowest BCUT2D eigenvalue weighted by Gasteiger charge is -2.15. The Labute approximate surface area is 70.2 Å². The van der Waals surface area contributed by atoms with Crippen molar-refractivity contribution < 1.29 is 8.78 Å². The molecule has 2 radical (unpaired) electrons. The van der Waals surface area contributed by atoms with Gasteiger partial charge >= 0.3 is 0 Å². The predicted octanol–water partition coefficient (Wildman–Crippen LogP) is 2.53. The first-order valence-electron chi connectivity index (χ1n) is 3.95. The van der Waals surface area contributed by atoms with E-state index in [1.807, 2.05) is 0 Å². The molecular weight excluding hydrogens is 158 g/mol. The quantitative estimate of drug-likeness (QED) is 0.555. The first-order valence-corrected chi connectivity index (χ1v) is 3.95. The second kappa shape index (κ2) is 2.85. The van der Waals surface area contributed by atoms with Gasteiger partial charge in [-0.25, -0.2) is 8.78 Å². The third-order valence-electron chi connectivity index (χ3n) is 2.13. The molecule has 0 amide bonds. The van der Waals surface area contributed by atoms with Crippen molar-refractivity contribution in [2.75, 3.05) is 0 Å². The highest BCUT2D eigenvalue weighted by Crippen LogP contribution is 2.23. The monoisotopic (exact) mass is 166 g/mol. The molecule has 0 heterocycles. The molecule has 1 aromatic carbocycles. The molecule has 0 saturated heterocycles. The topological polar surface area (TPSA) is 0 Å². The maximum atomic E-state index is 13.1. The van der Waals surface area contributed by atoms with Crippen LogP contribution in [0.4, 0.5) is 8.78 Å². The van der Waals surface area contributed by atoms with Crippen LogP contribution in [0, 0.1) is 18.1 Å². The van der Waals surface area contributed by atoms with Crippen molar-refractivity contribution in [3.63, 3.8) is 0 Å². The van der Waals surface area contributed by atoms with Gasteiger partial charge in [-0.05, 0) is 42.9 Å². The number of hydrogen-bond donors (Lipinski definition) is 0. The van der Waals surface area contributed by atoms with Gasteiger partial charge in [-0.3, -0.25) is 0 Å². The summed E-state index contributed by atoms with van der Waals surface area (Å²) in [7, 11) is 0. The predicted molar refractivity (Wildman–Crippen MR) is 41.6 cm³/mol. The summed E-state index contributed by atoms with van der Waals surface area (Å²) in [6.07, 6.45) is 5.07. The van der Waals surface area contributed by atoms with Gasteiger partial charge in [0.1, 0.15) is 11.6 Å². The molecule has 0 aromatic heterocycles. The average molecular weight is 166 g/mol. The lowest BCUT2D eigenvalue weighted by atomic mass is 9.91. The molecule has 0 aliphatic heterocycles. The van der Waals surface area contributed by atoms with Crippen molar-refractivity contribution >= 4 is 0 Å². The minimum atomic E-state index is -0.479. The maximum Gasteiger partial charge on any atom is 0.129 e. The fraction of sp³-hybridized carbons (Fsp3) is 0.300. The lowest BCUT2D eigenvalue weighted by molar-refractivity contribution is 0.563. The van der Waals surface area contributed by atoms with Crippen LogP contribution in [0.3, 0.4) is 0 Å². The van der Waals surface area contributed by atoms with Crippen molar-refractivity contribution in [2.45, 2.75) is 19.3 Å². The van der Waals surface area contributed by atoms with E-state index < -0.39 is 11.6 Å². The summed E-state index contributed by atoms with van der Waals surface area (Å²) in [6, 6.07) is 2.35. The Morgan fingerprint density at radius 2 is 2.08 bits per heavy atom. The normalized spacial score (nSPS) is 15.8. The summed E-state index contributed by atoms with van der Waals surface area (Å²) >= 11 is 0. The minimum absolute atomic E-state index is 0.433. The molecule has 0 atom stereocenters. The van der Waals surface area contributed by atoms with Gasteiger partial charge in [-0.2, -0.15) is 0 Å². The molecule has 0 bridgehead atoms. The molecule has 1 aliphatic rings. The van der Waals surface area contributed by atoms with Crippen LogP contribution in [-0.4, -0.2) is 0 Å². The highest BCUT2D eigenvalue weighted by atomic mass is 19.1. The van der Waals surface area contributed by atoms with E-state index in [9.17, 15) is 8.78 Å². The average Bonchev–Trinajstić information content (AvgIpc) is 2.04. The van der Waals surface area contributed by atoms with Gasteiger partial charge in [0.2, 0.25) is 0 Å². The summed E-state index contributed by atoms with van der Waals surface area (Å²) in [6.45, 7) is 0. The molecule has 62 valence electrons. The number of aryl methyl sites for hydroxylation is 1. The fourth-order valence-electron chi connectivity index (χ4n) is 1.51. The molecule has 12 heavy (non-hydrogen) atoms. The van der Waals surface area contributed by atoms with Crippen molar-refractivity contribution in [3.8, 4) is 0 Å². The number of fused-ring (bicyclic) bond motifs is 1. The smallest absolute Gasteiger partial charge is 0.129 e. The van der Waals surface area contributed by atoms with Gasteiger partial charge < -0.3 is 0 Å². The SMILES string of the molecule is Fc1cc(F)c2c(c1)CC[C]C2. The van der Waals surface area contributed by atoms with Gasteiger partial charge in [0.05, 0.1) is 0 Å². The zero-order chi connectivity index (χ0) is 8.55. The van der Waals surface area contributed by atoms with Gasteiger partial charge in [0, 0.05) is 6.07 Å². The molecule has 0 fully saturated rings. The molecular formula is C10H8F2. The summed E-state index contributed by atoms with van der Waals surface area (Å²) in [5.74, 6) is -0.912. The van der Waals surface area contributed by atoms with Crippen LogP contribution >= 0.6 is 0 Å². The van der Waals surface area contributed by atoms with E-state index in [1.54, 1.807) is 0 Å². The van der Waals surface area contributed by atoms with Crippen molar-refractivity contribution in [3.05, 3.63) is 41.3 Å². The Kier molecular flexibility index (Phi) is 1.83. The van der Waals surface area contributed by atoms with E-state index >= 15 is 0 Å².